The highest BCUT2D eigenvalue weighted by molar-refractivity contribution is 6.32. The summed E-state index contributed by atoms with van der Waals surface area (Å²) in [5.74, 6) is 0.132. The van der Waals surface area contributed by atoms with Crippen molar-refractivity contribution < 1.29 is 13.2 Å². The highest BCUT2D eigenvalue weighted by Crippen LogP contribution is 2.32. The van der Waals surface area contributed by atoms with E-state index in [-0.39, 0.29) is 30.3 Å². The van der Waals surface area contributed by atoms with Crippen molar-refractivity contribution in [3.8, 4) is 0 Å². The molecule has 0 aliphatic carbocycles. The van der Waals surface area contributed by atoms with Crippen molar-refractivity contribution in [2.24, 2.45) is 0 Å². The molecular formula is C16H19ClF3N5O. The van der Waals surface area contributed by atoms with Gasteiger partial charge in [0.25, 0.3) is 5.56 Å². The Kier molecular flexibility index (Phi) is 5.41. The van der Waals surface area contributed by atoms with Gasteiger partial charge in [-0.05, 0) is 31.5 Å². The number of halogens is 4. The van der Waals surface area contributed by atoms with E-state index in [4.69, 9.17) is 23.1 Å². The molecule has 2 aromatic rings. The maximum Gasteiger partial charge on any atom is 0.431 e. The molecule has 0 radical (unpaired) electrons. The minimum atomic E-state index is -4.68. The molecule has 142 valence electrons. The summed E-state index contributed by atoms with van der Waals surface area (Å²) < 4.78 is 40.1. The number of aryl methyl sites for hydroxylation is 1. The molecule has 0 aromatic carbocycles. The van der Waals surface area contributed by atoms with Crippen LogP contribution in [0.3, 0.4) is 0 Å². The van der Waals surface area contributed by atoms with Gasteiger partial charge in [-0.1, -0.05) is 11.6 Å². The van der Waals surface area contributed by atoms with Crippen LogP contribution in [-0.2, 0) is 19.3 Å². The van der Waals surface area contributed by atoms with E-state index in [0.717, 1.165) is 11.6 Å². The molecule has 2 heterocycles. The number of alkyl halides is 3. The average Bonchev–Trinajstić information content (AvgIpc) is 2.51. The summed E-state index contributed by atoms with van der Waals surface area (Å²) in [5, 5.41) is 0.302. The molecule has 6 nitrogen and oxygen atoms in total. The van der Waals surface area contributed by atoms with Gasteiger partial charge in [0, 0.05) is 13.6 Å². The van der Waals surface area contributed by atoms with Gasteiger partial charge >= 0.3 is 6.18 Å². The topological polar surface area (TPSA) is 90.2 Å². The number of nitrogens with two attached hydrogens (primary N) is 2. The number of nitrogens with zero attached hydrogens (tertiary/aromatic N) is 3. The third-order valence-electron chi connectivity index (χ3n) is 3.98. The standard InChI is InChI=1S/C16H19ClF3N5O/c1-4-25-12(16(18,19)20)6-10(21)13(15(25)26)24(3)7-11-8(2)5-9(17)14(22)23-11/h5-6H,4,7,21H2,1-3H3,(H2,22,23). The van der Waals surface area contributed by atoms with E-state index >= 15 is 0 Å². The Morgan fingerprint density at radius 1 is 1.31 bits per heavy atom. The molecule has 2 aromatic heterocycles. The predicted octanol–water partition coefficient (Wildman–Crippen LogP) is 3.04. The van der Waals surface area contributed by atoms with Gasteiger partial charge in [-0.25, -0.2) is 4.98 Å². The van der Waals surface area contributed by atoms with E-state index in [1.54, 1.807) is 20.0 Å². The fraction of sp³-hybridized carbons (Fsp3) is 0.375. The number of aromatic nitrogens is 2. The Balaban J connectivity index is 2.52. The first kappa shape index (κ1) is 19.9. The maximum absolute atomic E-state index is 13.1. The Labute approximate surface area is 153 Å². The summed E-state index contributed by atoms with van der Waals surface area (Å²) in [6.07, 6.45) is -4.68. The summed E-state index contributed by atoms with van der Waals surface area (Å²) in [4.78, 5) is 18.2. The predicted molar refractivity (Wildman–Crippen MR) is 96.3 cm³/mol. The largest absolute Gasteiger partial charge is 0.431 e. The van der Waals surface area contributed by atoms with Gasteiger partial charge in [-0.3, -0.25) is 4.79 Å². The van der Waals surface area contributed by atoms with Crippen molar-refractivity contribution in [2.75, 3.05) is 23.4 Å². The maximum atomic E-state index is 13.1. The minimum Gasteiger partial charge on any atom is -0.397 e. The quantitative estimate of drug-likeness (QED) is 0.838. The minimum absolute atomic E-state index is 0.0328. The molecule has 0 saturated carbocycles. The van der Waals surface area contributed by atoms with Gasteiger partial charge in [-0.2, -0.15) is 13.2 Å². The van der Waals surface area contributed by atoms with Crippen molar-refractivity contribution in [1.29, 1.82) is 0 Å². The van der Waals surface area contributed by atoms with Crippen LogP contribution < -0.4 is 21.9 Å². The van der Waals surface area contributed by atoms with Crippen molar-refractivity contribution in [3.63, 3.8) is 0 Å². The fourth-order valence-electron chi connectivity index (χ4n) is 2.68. The fourth-order valence-corrected chi connectivity index (χ4v) is 2.89. The van der Waals surface area contributed by atoms with Crippen LogP contribution >= 0.6 is 11.6 Å². The average molecular weight is 390 g/mol. The first-order valence-corrected chi connectivity index (χ1v) is 8.08. The second-order valence-corrected chi connectivity index (χ2v) is 6.26. The summed E-state index contributed by atoms with van der Waals surface area (Å²) >= 11 is 5.91. The Morgan fingerprint density at radius 2 is 1.92 bits per heavy atom. The lowest BCUT2D eigenvalue weighted by molar-refractivity contribution is -0.144. The molecule has 4 N–H and O–H groups in total. The van der Waals surface area contributed by atoms with Crippen LogP contribution in [0.5, 0.6) is 0 Å². The highest BCUT2D eigenvalue weighted by atomic mass is 35.5. The van der Waals surface area contributed by atoms with Gasteiger partial charge in [0.05, 0.1) is 22.9 Å². The highest BCUT2D eigenvalue weighted by Gasteiger charge is 2.35. The lowest BCUT2D eigenvalue weighted by Crippen LogP contribution is -2.34. The van der Waals surface area contributed by atoms with E-state index in [1.807, 2.05) is 0 Å². The smallest absolute Gasteiger partial charge is 0.397 e. The number of anilines is 3. The molecule has 0 spiro atoms. The molecule has 0 unspecified atom stereocenters. The summed E-state index contributed by atoms with van der Waals surface area (Å²) in [6, 6.07) is 2.40. The van der Waals surface area contributed by atoms with E-state index < -0.39 is 17.4 Å². The summed E-state index contributed by atoms with van der Waals surface area (Å²) in [5.41, 5.74) is 10.6. The lowest BCUT2D eigenvalue weighted by atomic mass is 10.2. The molecule has 0 aliphatic heterocycles. The third-order valence-corrected chi connectivity index (χ3v) is 4.28. The molecule has 0 amide bonds. The molecule has 10 heteroatoms. The van der Waals surface area contributed by atoms with Crippen LogP contribution in [0.2, 0.25) is 5.02 Å². The van der Waals surface area contributed by atoms with E-state index in [2.05, 4.69) is 4.98 Å². The summed E-state index contributed by atoms with van der Waals surface area (Å²) in [7, 11) is 1.55. The number of nitrogen functional groups attached to an aromatic ring is 2. The molecule has 0 atom stereocenters. The molecular weight excluding hydrogens is 371 g/mol. The second kappa shape index (κ2) is 7.06. The van der Waals surface area contributed by atoms with Gasteiger partial charge in [-0.15, -0.1) is 0 Å². The molecule has 0 aliphatic rings. The molecule has 0 saturated heterocycles. The summed E-state index contributed by atoms with van der Waals surface area (Å²) in [6.45, 7) is 3.21. The van der Waals surface area contributed by atoms with Gasteiger partial charge in [0.1, 0.15) is 17.2 Å². The molecule has 26 heavy (non-hydrogen) atoms. The number of rotatable bonds is 4. The van der Waals surface area contributed by atoms with Crippen LogP contribution in [-0.4, -0.2) is 16.6 Å². The zero-order valence-electron chi connectivity index (χ0n) is 14.5. The van der Waals surface area contributed by atoms with Crippen molar-refractivity contribution in [1.82, 2.24) is 9.55 Å². The van der Waals surface area contributed by atoms with E-state index in [0.29, 0.717) is 15.3 Å². The Bertz CT molecular complexity index is 895. The van der Waals surface area contributed by atoms with Crippen LogP contribution in [0.15, 0.2) is 16.9 Å². The Hall–Kier alpha value is -2.42. The van der Waals surface area contributed by atoms with Crippen LogP contribution in [0.4, 0.5) is 30.4 Å². The Morgan fingerprint density at radius 3 is 2.46 bits per heavy atom. The normalized spacial score (nSPS) is 11.7. The molecule has 0 bridgehead atoms. The number of hydrogen-bond acceptors (Lipinski definition) is 5. The van der Waals surface area contributed by atoms with Crippen LogP contribution in [0.1, 0.15) is 23.9 Å². The second-order valence-electron chi connectivity index (χ2n) is 5.86. The van der Waals surface area contributed by atoms with E-state index in [9.17, 15) is 18.0 Å². The molecule has 2 rings (SSSR count). The monoisotopic (exact) mass is 389 g/mol. The number of pyridine rings is 2. The number of hydrogen-bond donors (Lipinski definition) is 2. The SMILES string of the molecule is CCn1c(C(F)(F)F)cc(N)c(N(C)Cc2nc(N)c(Cl)cc2C)c1=O. The van der Waals surface area contributed by atoms with Crippen molar-refractivity contribution in [2.45, 2.75) is 33.1 Å². The first-order valence-electron chi connectivity index (χ1n) is 7.70. The van der Waals surface area contributed by atoms with Crippen LogP contribution in [0, 0.1) is 6.92 Å². The molecule has 0 fully saturated rings. The zero-order valence-corrected chi connectivity index (χ0v) is 15.2. The van der Waals surface area contributed by atoms with E-state index in [1.165, 1.54) is 11.8 Å². The van der Waals surface area contributed by atoms with Crippen molar-refractivity contribution in [3.05, 3.63) is 44.5 Å². The van der Waals surface area contributed by atoms with Crippen LogP contribution in [0.25, 0.3) is 0 Å². The third kappa shape index (κ3) is 3.72. The van der Waals surface area contributed by atoms with Gasteiger partial charge in [0.2, 0.25) is 0 Å². The zero-order chi connectivity index (χ0) is 19.8. The van der Waals surface area contributed by atoms with Crippen molar-refractivity contribution >= 4 is 28.8 Å². The van der Waals surface area contributed by atoms with Gasteiger partial charge in [0.15, 0.2) is 0 Å². The van der Waals surface area contributed by atoms with Gasteiger partial charge < -0.3 is 20.9 Å². The lowest BCUT2D eigenvalue weighted by Gasteiger charge is -2.24. The first-order chi connectivity index (χ1) is 12.0.